The lowest BCUT2D eigenvalue weighted by atomic mass is 10.1. The lowest BCUT2D eigenvalue weighted by Gasteiger charge is -2.17. The molecule has 0 aliphatic carbocycles. The van der Waals surface area contributed by atoms with Crippen LogP contribution in [-0.2, 0) is 13.6 Å². The molecule has 0 saturated heterocycles. The van der Waals surface area contributed by atoms with E-state index in [4.69, 9.17) is 5.26 Å². The molecule has 2 aromatic rings. The van der Waals surface area contributed by atoms with Crippen molar-refractivity contribution in [2.24, 2.45) is 7.05 Å². The van der Waals surface area contributed by atoms with Crippen molar-refractivity contribution in [3.63, 3.8) is 0 Å². The van der Waals surface area contributed by atoms with Gasteiger partial charge in [0, 0.05) is 32.4 Å². The van der Waals surface area contributed by atoms with Crippen LogP contribution in [0.5, 0.6) is 0 Å². The summed E-state index contributed by atoms with van der Waals surface area (Å²) in [5.41, 5.74) is 2.60. The van der Waals surface area contributed by atoms with Crippen LogP contribution < -0.4 is 4.90 Å². The number of rotatable bonds is 4. The van der Waals surface area contributed by atoms with Crippen LogP contribution in [0.3, 0.4) is 0 Å². The number of aryl methyl sites for hydroxylation is 1. The molecule has 2 rings (SSSR count). The second-order valence-corrected chi connectivity index (χ2v) is 5.11. The molecule has 0 bridgehead atoms. The third-order valence-electron chi connectivity index (χ3n) is 3.05. The largest absolute Gasteiger partial charge is 0.354 e. The molecule has 6 heteroatoms. The first-order valence-electron chi connectivity index (χ1n) is 6.48. The quantitative estimate of drug-likeness (QED) is 0.847. The third-order valence-corrected chi connectivity index (χ3v) is 3.05. The van der Waals surface area contributed by atoms with Crippen LogP contribution in [0, 0.1) is 11.3 Å². The van der Waals surface area contributed by atoms with Crippen LogP contribution in [-0.4, -0.2) is 27.0 Å². The molecule has 0 atom stereocenters. The Morgan fingerprint density at radius 1 is 1.35 bits per heavy atom. The van der Waals surface area contributed by atoms with E-state index in [-0.39, 0.29) is 0 Å². The van der Waals surface area contributed by atoms with Gasteiger partial charge in [-0.3, -0.25) is 4.68 Å². The van der Waals surface area contributed by atoms with Crippen LogP contribution in [0.25, 0.3) is 0 Å². The summed E-state index contributed by atoms with van der Waals surface area (Å²) in [7, 11) is 3.88. The molecule has 0 radical (unpaired) electrons. The predicted molar refractivity (Wildman–Crippen MR) is 76.2 cm³/mol. The maximum absolute atomic E-state index is 8.73. The Hall–Kier alpha value is -2.42. The van der Waals surface area contributed by atoms with Gasteiger partial charge in [-0.1, -0.05) is 13.8 Å². The zero-order valence-electron chi connectivity index (χ0n) is 12.2. The highest BCUT2D eigenvalue weighted by Crippen LogP contribution is 2.20. The summed E-state index contributed by atoms with van der Waals surface area (Å²) in [6, 6.07) is 5.44. The van der Waals surface area contributed by atoms with Gasteiger partial charge in [0.25, 0.3) is 0 Å². The van der Waals surface area contributed by atoms with Gasteiger partial charge in [-0.25, -0.2) is 0 Å². The van der Waals surface area contributed by atoms with E-state index in [1.54, 1.807) is 12.1 Å². The average molecular weight is 270 g/mol. The van der Waals surface area contributed by atoms with Crippen molar-refractivity contribution in [3.05, 3.63) is 35.3 Å². The molecule has 0 aromatic carbocycles. The third kappa shape index (κ3) is 2.94. The van der Waals surface area contributed by atoms with Gasteiger partial charge in [0.05, 0.1) is 5.69 Å². The highest BCUT2D eigenvalue weighted by atomic mass is 15.3. The normalized spacial score (nSPS) is 10.6. The fraction of sp³-hybridized carbons (Fsp3) is 0.429. The Kier molecular flexibility index (Phi) is 3.99. The molecule has 6 nitrogen and oxygen atoms in total. The van der Waals surface area contributed by atoms with Crippen LogP contribution in [0.15, 0.2) is 18.3 Å². The van der Waals surface area contributed by atoms with Gasteiger partial charge in [-0.15, -0.1) is 10.2 Å². The Labute approximate surface area is 118 Å². The van der Waals surface area contributed by atoms with E-state index in [0.717, 1.165) is 11.5 Å². The molecule has 0 amide bonds. The molecular formula is C14H18N6. The minimum Gasteiger partial charge on any atom is -0.354 e. The zero-order chi connectivity index (χ0) is 14.7. The molecular weight excluding hydrogens is 252 g/mol. The summed E-state index contributed by atoms with van der Waals surface area (Å²) < 4.78 is 1.84. The number of aromatic nitrogens is 4. The summed E-state index contributed by atoms with van der Waals surface area (Å²) >= 11 is 0. The molecule has 20 heavy (non-hydrogen) atoms. The summed E-state index contributed by atoms with van der Waals surface area (Å²) in [5.74, 6) is 1.12. The molecule has 0 fully saturated rings. The number of hydrogen-bond acceptors (Lipinski definition) is 5. The minimum atomic E-state index is 0.325. The van der Waals surface area contributed by atoms with E-state index in [0.29, 0.717) is 18.2 Å². The van der Waals surface area contributed by atoms with Crippen molar-refractivity contribution in [1.29, 1.82) is 5.26 Å². The molecule has 0 aliphatic rings. The van der Waals surface area contributed by atoms with Crippen LogP contribution >= 0.6 is 0 Å². The summed E-state index contributed by atoms with van der Waals surface area (Å²) in [5, 5.41) is 21.1. The van der Waals surface area contributed by atoms with Gasteiger partial charge in [-0.2, -0.15) is 10.4 Å². The highest BCUT2D eigenvalue weighted by Gasteiger charge is 2.14. The van der Waals surface area contributed by atoms with Crippen molar-refractivity contribution in [1.82, 2.24) is 20.0 Å². The van der Waals surface area contributed by atoms with Crippen molar-refractivity contribution < 1.29 is 0 Å². The fourth-order valence-electron chi connectivity index (χ4n) is 2.09. The fourth-order valence-corrected chi connectivity index (χ4v) is 2.09. The Morgan fingerprint density at radius 3 is 2.65 bits per heavy atom. The number of anilines is 1. The van der Waals surface area contributed by atoms with E-state index in [2.05, 4.69) is 29.1 Å². The zero-order valence-corrected chi connectivity index (χ0v) is 12.2. The second-order valence-electron chi connectivity index (χ2n) is 5.11. The van der Waals surface area contributed by atoms with Gasteiger partial charge >= 0.3 is 0 Å². The van der Waals surface area contributed by atoms with E-state index >= 15 is 0 Å². The lowest BCUT2D eigenvalue weighted by Crippen LogP contribution is -2.19. The molecule has 0 aliphatic heterocycles. The van der Waals surface area contributed by atoms with E-state index in [9.17, 15) is 0 Å². The first kappa shape index (κ1) is 14.0. The molecule has 0 unspecified atom stereocenters. The molecule has 2 heterocycles. The number of nitriles is 1. The molecule has 0 N–H and O–H groups in total. The maximum Gasteiger partial charge on any atom is 0.163 e. The van der Waals surface area contributed by atoms with Crippen molar-refractivity contribution >= 4 is 5.82 Å². The Balaban J connectivity index is 2.18. The Bertz CT molecular complexity index is 620. The van der Waals surface area contributed by atoms with Crippen molar-refractivity contribution in [3.8, 4) is 6.07 Å². The van der Waals surface area contributed by atoms with Crippen LogP contribution in [0.1, 0.15) is 36.7 Å². The number of nitrogens with zero attached hydrogens (tertiary/aromatic N) is 6. The van der Waals surface area contributed by atoms with Gasteiger partial charge in [0.1, 0.15) is 6.07 Å². The lowest BCUT2D eigenvalue weighted by molar-refractivity contribution is 0.711. The van der Waals surface area contributed by atoms with E-state index in [1.807, 2.05) is 35.9 Å². The highest BCUT2D eigenvalue weighted by molar-refractivity contribution is 5.39. The molecule has 0 saturated carbocycles. The predicted octanol–water partition coefficient (Wildman–Crippen LogP) is 1.84. The summed E-state index contributed by atoms with van der Waals surface area (Å²) in [6.07, 6.45) is 2.03. The van der Waals surface area contributed by atoms with Crippen molar-refractivity contribution in [2.45, 2.75) is 26.3 Å². The van der Waals surface area contributed by atoms with Crippen LogP contribution in [0.2, 0.25) is 0 Å². The van der Waals surface area contributed by atoms with Gasteiger partial charge < -0.3 is 4.90 Å². The molecule has 0 spiro atoms. The topological polar surface area (TPSA) is 70.6 Å². The first-order chi connectivity index (χ1) is 9.51. The standard InChI is InChI=1S/C14H18N6/c1-10(2)14-11(9-20(4)18-14)8-19(3)13-6-5-12(7-15)16-17-13/h5-6,9-10H,8H2,1-4H3. The van der Waals surface area contributed by atoms with Gasteiger partial charge in [0.2, 0.25) is 0 Å². The molecule has 104 valence electrons. The SMILES string of the molecule is CC(C)c1nn(C)cc1CN(C)c1ccc(C#N)nn1. The minimum absolute atomic E-state index is 0.325. The number of hydrogen-bond donors (Lipinski definition) is 0. The van der Waals surface area contributed by atoms with Gasteiger partial charge in [0.15, 0.2) is 11.5 Å². The monoisotopic (exact) mass is 270 g/mol. The first-order valence-corrected chi connectivity index (χ1v) is 6.48. The Morgan fingerprint density at radius 2 is 2.10 bits per heavy atom. The summed E-state index contributed by atoms with van der Waals surface area (Å²) in [6.45, 7) is 4.97. The average Bonchev–Trinajstić information content (AvgIpc) is 2.80. The maximum atomic E-state index is 8.73. The van der Waals surface area contributed by atoms with E-state index in [1.165, 1.54) is 5.56 Å². The van der Waals surface area contributed by atoms with E-state index < -0.39 is 0 Å². The van der Waals surface area contributed by atoms with Crippen molar-refractivity contribution in [2.75, 3.05) is 11.9 Å². The molecule has 2 aromatic heterocycles. The second kappa shape index (κ2) is 5.70. The van der Waals surface area contributed by atoms with Crippen LogP contribution in [0.4, 0.5) is 5.82 Å². The van der Waals surface area contributed by atoms with Gasteiger partial charge in [-0.05, 0) is 18.1 Å². The summed E-state index contributed by atoms with van der Waals surface area (Å²) in [4.78, 5) is 2.00. The smallest absolute Gasteiger partial charge is 0.163 e.